The Balaban J connectivity index is 2.21. The summed E-state index contributed by atoms with van der Waals surface area (Å²) in [5.74, 6) is -1.19. The minimum atomic E-state index is -0.696. The zero-order valence-corrected chi connectivity index (χ0v) is 11.9. The molecule has 1 atom stereocenters. The molecule has 1 N–H and O–H groups in total. The number of hydrogen-bond donors (Lipinski definition) is 1. The van der Waals surface area contributed by atoms with Crippen LogP contribution in [-0.4, -0.2) is 11.2 Å². The van der Waals surface area contributed by atoms with E-state index in [2.05, 4.69) is 15.9 Å². The highest BCUT2D eigenvalue weighted by Crippen LogP contribution is 2.42. The predicted molar refractivity (Wildman–Crippen MR) is 70.3 cm³/mol. The first kappa shape index (κ1) is 13.9. The van der Waals surface area contributed by atoms with Crippen LogP contribution in [0.4, 0.5) is 8.78 Å². The third-order valence-electron chi connectivity index (χ3n) is 4.09. The van der Waals surface area contributed by atoms with E-state index >= 15 is 0 Å². The fourth-order valence-electron chi connectivity index (χ4n) is 2.71. The number of rotatable bonds is 3. The minimum absolute atomic E-state index is 0.0231. The molecule has 2 rings (SSSR count). The average Bonchev–Trinajstić information content (AvgIpc) is 2.78. The van der Waals surface area contributed by atoms with E-state index in [1.54, 1.807) is 0 Å². The van der Waals surface area contributed by atoms with Gasteiger partial charge in [-0.15, -0.1) is 0 Å². The quantitative estimate of drug-likeness (QED) is 0.828. The normalized spacial score (nSPS) is 20.1. The number of aliphatic hydroxyl groups excluding tert-OH is 1. The first-order valence-corrected chi connectivity index (χ1v) is 7.04. The minimum Gasteiger partial charge on any atom is -0.392 e. The van der Waals surface area contributed by atoms with Crippen molar-refractivity contribution in [3.63, 3.8) is 0 Å². The molecule has 0 radical (unpaired) electrons. The van der Waals surface area contributed by atoms with Crippen LogP contribution in [-0.2, 0) is 6.42 Å². The van der Waals surface area contributed by atoms with Crippen molar-refractivity contribution in [3.05, 3.63) is 33.8 Å². The molecule has 0 bridgehead atoms. The van der Waals surface area contributed by atoms with Crippen LogP contribution >= 0.6 is 15.9 Å². The predicted octanol–water partition coefficient (Wildman–Crippen LogP) is 4.21. The summed E-state index contributed by atoms with van der Waals surface area (Å²) in [6.45, 7) is 2.00. The highest BCUT2D eigenvalue weighted by atomic mass is 79.9. The first-order chi connectivity index (χ1) is 8.44. The van der Waals surface area contributed by atoms with Gasteiger partial charge in [0.1, 0.15) is 11.6 Å². The summed E-state index contributed by atoms with van der Waals surface area (Å²) in [6.07, 6.45) is 3.34. The van der Waals surface area contributed by atoms with Crippen LogP contribution in [0.2, 0.25) is 0 Å². The largest absolute Gasteiger partial charge is 0.392 e. The van der Waals surface area contributed by atoms with E-state index in [1.807, 2.05) is 6.92 Å². The molecule has 1 aliphatic rings. The topological polar surface area (TPSA) is 20.2 Å². The van der Waals surface area contributed by atoms with E-state index in [4.69, 9.17) is 0 Å². The Hall–Kier alpha value is -0.480. The molecule has 100 valence electrons. The zero-order valence-electron chi connectivity index (χ0n) is 10.3. The molecule has 0 aromatic heterocycles. The summed E-state index contributed by atoms with van der Waals surface area (Å²) in [5.41, 5.74) is -0.230. The van der Waals surface area contributed by atoms with Crippen LogP contribution in [0, 0.1) is 17.0 Å². The number of benzene rings is 1. The molecule has 0 spiro atoms. The molecular formula is C14H17BrF2O. The lowest BCUT2D eigenvalue weighted by Crippen LogP contribution is -2.32. The molecule has 1 fully saturated rings. The van der Waals surface area contributed by atoms with Crippen molar-refractivity contribution in [2.24, 2.45) is 5.41 Å². The fourth-order valence-corrected chi connectivity index (χ4v) is 3.08. The summed E-state index contributed by atoms with van der Waals surface area (Å²) in [5, 5.41) is 10.3. The van der Waals surface area contributed by atoms with Crippen molar-refractivity contribution < 1.29 is 13.9 Å². The van der Waals surface area contributed by atoms with Crippen LogP contribution in [0.5, 0.6) is 0 Å². The molecule has 1 saturated carbocycles. The first-order valence-electron chi connectivity index (χ1n) is 6.24. The van der Waals surface area contributed by atoms with Gasteiger partial charge in [0, 0.05) is 12.0 Å². The zero-order chi connectivity index (χ0) is 13.3. The summed E-state index contributed by atoms with van der Waals surface area (Å²) >= 11 is 3.04. The van der Waals surface area contributed by atoms with Gasteiger partial charge in [0.15, 0.2) is 0 Å². The van der Waals surface area contributed by atoms with Crippen LogP contribution in [0.25, 0.3) is 0 Å². The molecule has 1 aromatic carbocycles. The van der Waals surface area contributed by atoms with Gasteiger partial charge in [-0.2, -0.15) is 0 Å². The molecule has 4 heteroatoms. The van der Waals surface area contributed by atoms with Gasteiger partial charge in [0.2, 0.25) is 0 Å². The smallest absolute Gasteiger partial charge is 0.143 e. The molecule has 1 unspecified atom stereocenters. The lowest BCUT2D eigenvalue weighted by Gasteiger charge is -2.30. The summed E-state index contributed by atoms with van der Waals surface area (Å²) in [4.78, 5) is 0. The van der Waals surface area contributed by atoms with Gasteiger partial charge < -0.3 is 5.11 Å². The van der Waals surface area contributed by atoms with E-state index in [1.165, 1.54) is 12.1 Å². The van der Waals surface area contributed by atoms with Gasteiger partial charge in [0.25, 0.3) is 0 Å². The van der Waals surface area contributed by atoms with Gasteiger partial charge in [0.05, 0.1) is 10.6 Å². The number of halogens is 3. The second-order valence-corrected chi connectivity index (χ2v) is 6.26. The molecule has 0 aliphatic heterocycles. The lowest BCUT2D eigenvalue weighted by atomic mass is 9.80. The Bertz CT molecular complexity index is 442. The average molecular weight is 319 g/mol. The van der Waals surface area contributed by atoms with E-state index < -0.39 is 17.7 Å². The third kappa shape index (κ3) is 2.59. The van der Waals surface area contributed by atoms with E-state index in [0.717, 1.165) is 25.7 Å². The van der Waals surface area contributed by atoms with Crippen LogP contribution < -0.4 is 0 Å². The Labute approximate surface area is 114 Å². The van der Waals surface area contributed by atoms with Gasteiger partial charge in [-0.25, -0.2) is 8.78 Å². The van der Waals surface area contributed by atoms with Crippen LogP contribution in [0.15, 0.2) is 16.6 Å². The molecule has 0 amide bonds. The lowest BCUT2D eigenvalue weighted by molar-refractivity contribution is 0.0410. The van der Waals surface area contributed by atoms with Crippen molar-refractivity contribution in [3.8, 4) is 0 Å². The second kappa shape index (κ2) is 5.25. The van der Waals surface area contributed by atoms with Crippen molar-refractivity contribution in [1.29, 1.82) is 0 Å². The highest BCUT2D eigenvalue weighted by Gasteiger charge is 2.36. The van der Waals surface area contributed by atoms with Gasteiger partial charge in [-0.05, 0) is 46.3 Å². The van der Waals surface area contributed by atoms with Gasteiger partial charge >= 0.3 is 0 Å². The molecule has 1 aliphatic carbocycles. The Morgan fingerprint density at radius 3 is 2.56 bits per heavy atom. The molecule has 1 aromatic rings. The molecular weight excluding hydrogens is 302 g/mol. The summed E-state index contributed by atoms with van der Waals surface area (Å²) < 4.78 is 27.7. The second-order valence-electron chi connectivity index (χ2n) is 5.40. The maximum Gasteiger partial charge on any atom is 0.143 e. The number of aliphatic hydroxyl groups is 1. The van der Waals surface area contributed by atoms with E-state index in [-0.39, 0.29) is 21.9 Å². The maximum absolute atomic E-state index is 13.8. The molecule has 18 heavy (non-hydrogen) atoms. The SMILES string of the molecule is CC1(C(O)Cc2c(F)ccc(Br)c2F)CCCC1. The van der Waals surface area contributed by atoms with Gasteiger partial charge in [-0.3, -0.25) is 0 Å². The van der Waals surface area contributed by atoms with Gasteiger partial charge in [-0.1, -0.05) is 19.8 Å². The Morgan fingerprint density at radius 1 is 1.33 bits per heavy atom. The Morgan fingerprint density at radius 2 is 1.94 bits per heavy atom. The maximum atomic E-state index is 13.8. The van der Waals surface area contributed by atoms with Crippen molar-refractivity contribution >= 4 is 15.9 Å². The fraction of sp³-hybridized carbons (Fsp3) is 0.571. The monoisotopic (exact) mass is 318 g/mol. The highest BCUT2D eigenvalue weighted by molar-refractivity contribution is 9.10. The summed E-state index contributed by atoms with van der Waals surface area (Å²) in [7, 11) is 0. The van der Waals surface area contributed by atoms with Crippen LogP contribution in [0.1, 0.15) is 38.2 Å². The van der Waals surface area contributed by atoms with Crippen molar-refractivity contribution in [2.75, 3.05) is 0 Å². The van der Waals surface area contributed by atoms with Crippen LogP contribution in [0.3, 0.4) is 0 Å². The standard InChI is InChI=1S/C14H17BrF2O/c1-14(6-2-3-7-14)12(18)8-9-11(16)5-4-10(15)13(9)17/h4-5,12,18H,2-3,6-8H2,1H3. The van der Waals surface area contributed by atoms with E-state index in [0.29, 0.717) is 0 Å². The Kier molecular flexibility index (Phi) is 4.07. The van der Waals surface area contributed by atoms with Crippen molar-refractivity contribution in [1.82, 2.24) is 0 Å². The van der Waals surface area contributed by atoms with E-state index in [9.17, 15) is 13.9 Å². The van der Waals surface area contributed by atoms with Crippen molar-refractivity contribution in [2.45, 2.75) is 45.1 Å². The molecule has 0 saturated heterocycles. The molecule has 0 heterocycles. The summed E-state index contributed by atoms with van der Waals surface area (Å²) in [6, 6.07) is 2.57. The third-order valence-corrected chi connectivity index (χ3v) is 4.70. The number of hydrogen-bond acceptors (Lipinski definition) is 1. The molecule has 1 nitrogen and oxygen atoms in total.